The summed E-state index contributed by atoms with van der Waals surface area (Å²) in [7, 11) is 0. The Labute approximate surface area is 117 Å². The number of rotatable bonds is 5. The number of hydrogen-bond donors (Lipinski definition) is 3. The van der Waals surface area contributed by atoms with Crippen molar-refractivity contribution in [2.45, 2.75) is 13.3 Å². The van der Waals surface area contributed by atoms with Crippen LogP contribution in [0.2, 0.25) is 0 Å². The van der Waals surface area contributed by atoms with Gasteiger partial charge in [-0.25, -0.2) is 4.79 Å². The number of para-hydroxylation sites is 2. The summed E-state index contributed by atoms with van der Waals surface area (Å²) >= 11 is 0. The number of carbonyl (C=O) groups excluding carboxylic acids is 1. The van der Waals surface area contributed by atoms with Gasteiger partial charge in [0.15, 0.2) is 6.61 Å². The SMILES string of the molecule is CC1(C(=O)Nc2ccccc2OCC(=O)O)CCNC1. The number of amides is 1. The number of anilines is 1. The summed E-state index contributed by atoms with van der Waals surface area (Å²) in [6.45, 7) is 2.92. The zero-order valence-electron chi connectivity index (χ0n) is 11.3. The molecule has 0 saturated carbocycles. The minimum absolute atomic E-state index is 0.0890. The second-order valence-corrected chi connectivity index (χ2v) is 5.12. The monoisotopic (exact) mass is 278 g/mol. The molecule has 0 spiro atoms. The molecule has 1 aliphatic heterocycles. The molecule has 1 aromatic carbocycles. The van der Waals surface area contributed by atoms with E-state index in [9.17, 15) is 9.59 Å². The quantitative estimate of drug-likeness (QED) is 0.750. The van der Waals surface area contributed by atoms with Crippen LogP contribution in [0, 0.1) is 5.41 Å². The van der Waals surface area contributed by atoms with Gasteiger partial charge in [-0.3, -0.25) is 4.79 Å². The molecule has 0 radical (unpaired) electrons. The van der Waals surface area contributed by atoms with E-state index in [0.29, 0.717) is 18.0 Å². The van der Waals surface area contributed by atoms with E-state index in [-0.39, 0.29) is 5.91 Å². The third-order valence-corrected chi connectivity index (χ3v) is 3.40. The first-order chi connectivity index (χ1) is 9.51. The maximum absolute atomic E-state index is 12.3. The van der Waals surface area contributed by atoms with Crippen LogP contribution in [0.4, 0.5) is 5.69 Å². The van der Waals surface area contributed by atoms with Crippen molar-refractivity contribution in [3.63, 3.8) is 0 Å². The first-order valence-electron chi connectivity index (χ1n) is 6.47. The second-order valence-electron chi connectivity index (χ2n) is 5.12. The number of carboxylic acid groups (broad SMARTS) is 1. The lowest BCUT2D eigenvalue weighted by Gasteiger charge is -2.22. The summed E-state index contributed by atoms with van der Waals surface area (Å²) in [5.74, 6) is -0.787. The zero-order chi connectivity index (χ0) is 14.6. The maximum atomic E-state index is 12.3. The van der Waals surface area contributed by atoms with Crippen molar-refractivity contribution in [3.05, 3.63) is 24.3 Å². The minimum atomic E-state index is -1.06. The van der Waals surface area contributed by atoms with Crippen molar-refractivity contribution in [2.75, 3.05) is 25.0 Å². The van der Waals surface area contributed by atoms with Crippen molar-refractivity contribution < 1.29 is 19.4 Å². The van der Waals surface area contributed by atoms with Crippen LogP contribution in [0.1, 0.15) is 13.3 Å². The van der Waals surface area contributed by atoms with Gasteiger partial charge in [-0.2, -0.15) is 0 Å². The topological polar surface area (TPSA) is 87.7 Å². The third-order valence-electron chi connectivity index (χ3n) is 3.40. The van der Waals surface area contributed by atoms with E-state index >= 15 is 0 Å². The highest BCUT2D eigenvalue weighted by atomic mass is 16.5. The van der Waals surface area contributed by atoms with E-state index in [1.165, 1.54) is 0 Å². The number of carbonyl (C=O) groups is 2. The van der Waals surface area contributed by atoms with Crippen molar-refractivity contribution in [1.82, 2.24) is 5.32 Å². The minimum Gasteiger partial charge on any atom is -0.480 e. The van der Waals surface area contributed by atoms with Gasteiger partial charge in [-0.1, -0.05) is 12.1 Å². The van der Waals surface area contributed by atoms with E-state index in [1.807, 2.05) is 6.92 Å². The van der Waals surface area contributed by atoms with Crippen LogP contribution >= 0.6 is 0 Å². The molecule has 6 nitrogen and oxygen atoms in total. The predicted molar refractivity (Wildman–Crippen MR) is 73.8 cm³/mol. The van der Waals surface area contributed by atoms with Crippen LogP contribution in [0.25, 0.3) is 0 Å². The van der Waals surface area contributed by atoms with E-state index in [4.69, 9.17) is 9.84 Å². The molecule has 0 aliphatic carbocycles. The number of hydrogen-bond acceptors (Lipinski definition) is 4. The van der Waals surface area contributed by atoms with Crippen LogP contribution in [-0.2, 0) is 9.59 Å². The lowest BCUT2D eigenvalue weighted by atomic mass is 9.88. The summed E-state index contributed by atoms with van der Waals surface area (Å²) < 4.78 is 5.17. The molecule has 108 valence electrons. The van der Waals surface area contributed by atoms with Gasteiger partial charge in [-0.15, -0.1) is 0 Å². The second kappa shape index (κ2) is 5.92. The van der Waals surface area contributed by atoms with Crippen molar-refractivity contribution in [3.8, 4) is 5.75 Å². The Morgan fingerprint density at radius 3 is 2.85 bits per heavy atom. The fraction of sp³-hybridized carbons (Fsp3) is 0.429. The van der Waals surface area contributed by atoms with Gasteiger partial charge in [0, 0.05) is 6.54 Å². The Bertz CT molecular complexity index is 510. The van der Waals surface area contributed by atoms with Crippen LogP contribution in [0.3, 0.4) is 0 Å². The molecule has 1 aromatic rings. The lowest BCUT2D eigenvalue weighted by molar-refractivity contribution is -0.139. The fourth-order valence-corrected chi connectivity index (χ4v) is 2.12. The molecule has 1 saturated heterocycles. The number of benzene rings is 1. The van der Waals surface area contributed by atoms with Crippen molar-refractivity contribution >= 4 is 17.6 Å². The Hall–Kier alpha value is -2.08. The van der Waals surface area contributed by atoms with Crippen molar-refractivity contribution in [1.29, 1.82) is 0 Å². The summed E-state index contributed by atoms with van der Waals surface area (Å²) in [5, 5.41) is 14.6. The standard InChI is InChI=1S/C14H18N2O4/c1-14(6-7-15-9-14)13(19)16-10-4-2-3-5-11(10)20-8-12(17)18/h2-5,15H,6-9H2,1H3,(H,16,19)(H,17,18). The Kier molecular flexibility index (Phi) is 4.24. The maximum Gasteiger partial charge on any atom is 0.341 e. The van der Waals surface area contributed by atoms with Gasteiger partial charge in [0.1, 0.15) is 5.75 Å². The molecular weight excluding hydrogens is 260 g/mol. The predicted octanol–water partition coefficient (Wildman–Crippen LogP) is 1.09. The van der Waals surface area contributed by atoms with E-state index in [1.54, 1.807) is 24.3 Å². The first-order valence-corrected chi connectivity index (χ1v) is 6.47. The van der Waals surface area contributed by atoms with Gasteiger partial charge in [0.25, 0.3) is 0 Å². The molecule has 3 N–H and O–H groups in total. The lowest BCUT2D eigenvalue weighted by Crippen LogP contribution is -2.35. The summed E-state index contributed by atoms with van der Waals surface area (Å²) in [5.41, 5.74) is 0.0479. The van der Waals surface area contributed by atoms with E-state index in [2.05, 4.69) is 10.6 Å². The van der Waals surface area contributed by atoms with Gasteiger partial charge >= 0.3 is 5.97 Å². The average Bonchev–Trinajstić information content (AvgIpc) is 2.86. The number of ether oxygens (including phenoxy) is 1. The largest absolute Gasteiger partial charge is 0.480 e. The molecule has 0 bridgehead atoms. The highest BCUT2D eigenvalue weighted by molar-refractivity contribution is 5.96. The first kappa shape index (κ1) is 14.3. The average molecular weight is 278 g/mol. The van der Waals surface area contributed by atoms with Gasteiger partial charge < -0.3 is 20.5 Å². The Balaban J connectivity index is 2.08. The molecule has 6 heteroatoms. The normalized spacial score (nSPS) is 21.4. The number of nitrogens with one attached hydrogen (secondary N) is 2. The van der Waals surface area contributed by atoms with Gasteiger partial charge in [0.2, 0.25) is 5.91 Å². The third kappa shape index (κ3) is 3.27. The van der Waals surface area contributed by atoms with Crippen molar-refractivity contribution in [2.24, 2.45) is 5.41 Å². The van der Waals surface area contributed by atoms with Crippen LogP contribution < -0.4 is 15.4 Å². The molecule has 1 aliphatic rings. The zero-order valence-corrected chi connectivity index (χ0v) is 11.3. The molecule has 1 heterocycles. The van der Waals surface area contributed by atoms with E-state index in [0.717, 1.165) is 13.0 Å². The fourth-order valence-electron chi connectivity index (χ4n) is 2.12. The van der Waals surface area contributed by atoms with Gasteiger partial charge in [-0.05, 0) is 32.0 Å². The Morgan fingerprint density at radius 2 is 2.20 bits per heavy atom. The summed E-state index contributed by atoms with van der Waals surface area (Å²) in [4.78, 5) is 22.8. The summed E-state index contributed by atoms with van der Waals surface area (Å²) in [6.07, 6.45) is 0.775. The molecule has 1 amide bonds. The molecule has 1 unspecified atom stereocenters. The highest BCUT2D eigenvalue weighted by Gasteiger charge is 2.36. The molecule has 1 atom stereocenters. The molecule has 1 fully saturated rings. The molecule has 2 rings (SSSR count). The molecular formula is C14H18N2O4. The van der Waals surface area contributed by atoms with Gasteiger partial charge in [0.05, 0.1) is 11.1 Å². The molecule has 0 aromatic heterocycles. The summed E-state index contributed by atoms with van der Waals surface area (Å²) in [6, 6.07) is 6.82. The highest BCUT2D eigenvalue weighted by Crippen LogP contribution is 2.29. The Morgan fingerprint density at radius 1 is 1.45 bits per heavy atom. The van der Waals surface area contributed by atoms with E-state index < -0.39 is 18.0 Å². The van der Waals surface area contributed by atoms with Crippen LogP contribution in [0.5, 0.6) is 5.75 Å². The molecule has 20 heavy (non-hydrogen) atoms. The van der Waals surface area contributed by atoms with Crippen LogP contribution in [0.15, 0.2) is 24.3 Å². The number of carboxylic acids is 1. The van der Waals surface area contributed by atoms with Crippen LogP contribution in [-0.4, -0.2) is 36.7 Å². The smallest absolute Gasteiger partial charge is 0.341 e. The number of aliphatic carboxylic acids is 1.